The Morgan fingerprint density at radius 3 is 2.96 bits per heavy atom. The third-order valence-electron chi connectivity index (χ3n) is 3.80. The molecule has 23 heavy (non-hydrogen) atoms. The Morgan fingerprint density at radius 1 is 1.26 bits per heavy atom. The van der Waals surface area contributed by atoms with Gasteiger partial charge < -0.3 is 14.5 Å². The maximum Gasteiger partial charge on any atom is 0.274 e. The highest BCUT2D eigenvalue weighted by Gasteiger charge is 2.25. The fourth-order valence-corrected chi connectivity index (χ4v) is 2.63. The third kappa shape index (κ3) is 3.45. The van der Waals surface area contributed by atoms with Crippen LogP contribution in [-0.4, -0.2) is 59.1 Å². The number of anilines is 1. The number of fused-ring (bicyclic) bond motifs is 1. The predicted octanol–water partition coefficient (Wildman–Crippen LogP) is 0.980. The van der Waals surface area contributed by atoms with Crippen LogP contribution in [0.5, 0.6) is 0 Å². The molecule has 0 saturated heterocycles. The van der Waals surface area contributed by atoms with E-state index in [1.54, 1.807) is 24.4 Å². The molecule has 0 fully saturated rings. The van der Waals surface area contributed by atoms with Gasteiger partial charge in [0, 0.05) is 57.4 Å². The number of aromatic nitrogens is 3. The van der Waals surface area contributed by atoms with Crippen LogP contribution in [0.25, 0.3) is 0 Å². The summed E-state index contributed by atoms with van der Waals surface area (Å²) in [4.78, 5) is 29.2. The van der Waals surface area contributed by atoms with Gasteiger partial charge in [0.25, 0.3) is 5.91 Å². The molecule has 0 aromatic carbocycles. The van der Waals surface area contributed by atoms with Crippen LogP contribution in [0.1, 0.15) is 16.1 Å². The fourth-order valence-electron chi connectivity index (χ4n) is 2.63. The first-order chi connectivity index (χ1) is 11.3. The first-order valence-corrected chi connectivity index (χ1v) is 7.52. The Bertz CT molecular complexity index is 665. The molecule has 0 radical (unpaired) electrons. The molecule has 120 valence electrons. The van der Waals surface area contributed by atoms with Crippen molar-refractivity contribution in [3.05, 3.63) is 48.2 Å². The molecule has 1 aliphatic rings. The smallest absolute Gasteiger partial charge is 0.274 e. The van der Waals surface area contributed by atoms with E-state index in [1.807, 2.05) is 12.1 Å². The molecule has 0 bridgehead atoms. The predicted molar refractivity (Wildman–Crippen MR) is 85.1 cm³/mol. The molecule has 0 atom stereocenters. The van der Waals surface area contributed by atoms with Crippen molar-refractivity contribution in [2.45, 2.75) is 6.54 Å². The van der Waals surface area contributed by atoms with Crippen molar-refractivity contribution in [2.75, 3.05) is 38.3 Å². The van der Waals surface area contributed by atoms with Crippen LogP contribution in [0.3, 0.4) is 0 Å². The number of rotatable bonds is 4. The summed E-state index contributed by atoms with van der Waals surface area (Å²) in [5.41, 5.74) is 1.39. The second kappa shape index (κ2) is 7.15. The van der Waals surface area contributed by atoms with Crippen molar-refractivity contribution in [2.24, 2.45) is 0 Å². The van der Waals surface area contributed by atoms with E-state index < -0.39 is 0 Å². The molecule has 0 spiro atoms. The van der Waals surface area contributed by atoms with Crippen molar-refractivity contribution in [3.8, 4) is 0 Å². The molecule has 2 aromatic heterocycles. The van der Waals surface area contributed by atoms with Crippen molar-refractivity contribution >= 4 is 11.7 Å². The summed E-state index contributed by atoms with van der Waals surface area (Å²) in [7, 11) is 1.68. The minimum Gasteiger partial charge on any atom is -0.383 e. The van der Waals surface area contributed by atoms with Crippen LogP contribution in [0.4, 0.5) is 5.82 Å². The summed E-state index contributed by atoms with van der Waals surface area (Å²) in [5, 5.41) is 0. The quantitative estimate of drug-likeness (QED) is 0.838. The first-order valence-electron chi connectivity index (χ1n) is 7.52. The van der Waals surface area contributed by atoms with E-state index in [2.05, 4.69) is 19.9 Å². The third-order valence-corrected chi connectivity index (χ3v) is 3.80. The molecule has 0 aliphatic carbocycles. The number of nitrogens with zero attached hydrogens (tertiary/aromatic N) is 5. The standard InChI is InChI=1S/C16H19N5O2/c1-23-10-9-20-7-8-21(12-13-3-2-4-19-15(13)20)16(22)14-11-17-5-6-18-14/h2-6,11H,7-10,12H2,1H3. The highest BCUT2D eigenvalue weighted by Crippen LogP contribution is 2.22. The molecule has 0 saturated carbocycles. The van der Waals surface area contributed by atoms with E-state index in [-0.39, 0.29) is 5.91 Å². The molecule has 0 unspecified atom stereocenters. The Balaban J connectivity index is 1.84. The number of pyridine rings is 1. The van der Waals surface area contributed by atoms with Crippen LogP contribution < -0.4 is 4.90 Å². The van der Waals surface area contributed by atoms with Gasteiger partial charge in [-0.15, -0.1) is 0 Å². The SMILES string of the molecule is COCCN1CCN(C(=O)c2cnccn2)Cc2cccnc21. The van der Waals surface area contributed by atoms with Gasteiger partial charge in [-0.2, -0.15) is 0 Å². The zero-order chi connectivity index (χ0) is 16.1. The molecule has 3 heterocycles. The number of carbonyl (C=O) groups is 1. The minimum absolute atomic E-state index is 0.110. The van der Waals surface area contributed by atoms with E-state index in [4.69, 9.17) is 4.74 Å². The number of carbonyl (C=O) groups excluding carboxylic acids is 1. The van der Waals surface area contributed by atoms with E-state index in [1.165, 1.54) is 12.4 Å². The number of ether oxygens (including phenoxy) is 1. The fraction of sp³-hybridized carbons (Fsp3) is 0.375. The van der Waals surface area contributed by atoms with Crippen LogP contribution in [0.2, 0.25) is 0 Å². The lowest BCUT2D eigenvalue weighted by Crippen LogP contribution is -2.37. The maximum absolute atomic E-state index is 12.6. The summed E-state index contributed by atoms with van der Waals surface area (Å²) >= 11 is 0. The van der Waals surface area contributed by atoms with Crippen molar-refractivity contribution in [1.29, 1.82) is 0 Å². The molecular formula is C16H19N5O2. The second-order valence-electron chi connectivity index (χ2n) is 5.28. The zero-order valence-corrected chi connectivity index (χ0v) is 13.1. The van der Waals surface area contributed by atoms with Crippen LogP contribution in [0, 0.1) is 0 Å². The molecule has 1 aliphatic heterocycles. The zero-order valence-electron chi connectivity index (χ0n) is 13.1. The number of methoxy groups -OCH3 is 1. The maximum atomic E-state index is 12.6. The molecule has 3 rings (SSSR count). The van der Waals surface area contributed by atoms with E-state index >= 15 is 0 Å². The van der Waals surface area contributed by atoms with Gasteiger partial charge in [0.05, 0.1) is 12.8 Å². The summed E-state index contributed by atoms with van der Waals surface area (Å²) in [6.07, 6.45) is 6.37. The average Bonchev–Trinajstić information content (AvgIpc) is 2.79. The summed E-state index contributed by atoms with van der Waals surface area (Å²) in [6.45, 7) is 3.19. The van der Waals surface area contributed by atoms with Gasteiger partial charge in [0.2, 0.25) is 0 Å². The largest absolute Gasteiger partial charge is 0.383 e. The normalized spacial score (nSPS) is 14.3. The molecule has 0 N–H and O–H groups in total. The molecule has 7 heteroatoms. The highest BCUT2D eigenvalue weighted by molar-refractivity contribution is 5.92. The van der Waals surface area contributed by atoms with Crippen LogP contribution >= 0.6 is 0 Å². The van der Waals surface area contributed by atoms with Gasteiger partial charge in [-0.1, -0.05) is 6.07 Å². The van der Waals surface area contributed by atoms with Crippen molar-refractivity contribution in [3.63, 3.8) is 0 Å². The van der Waals surface area contributed by atoms with Crippen LogP contribution in [0.15, 0.2) is 36.9 Å². The molecule has 2 aromatic rings. The first kappa shape index (κ1) is 15.4. The lowest BCUT2D eigenvalue weighted by molar-refractivity contribution is 0.0744. The van der Waals surface area contributed by atoms with Gasteiger partial charge in [-0.25, -0.2) is 9.97 Å². The van der Waals surface area contributed by atoms with Gasteiger partial charge in [0.1, 0.15) is 11.5 Å². The Kier molecular flexibility index (Phi) is 4.77. The number of hydrogen-bond donors (Lipinski definition) is 0. The topological polar surface area (TPSA) is 71.5 Å². The number of hydrogen-bond acceptors (Lipinski definition) is 6. The minimum atomic E-state index is -0.110. The Hall–Kier alpha value is -2.54. The molecule has 1 amide bonds. The summed E-state index contributed by atoms with van der Waals surface area (Å²) in [6, 6.07) is 3.90. The molecule has 7 nitrogen and oxygen atoms in total. The lowest BCUT2D eigenvalue weighted by Gasteiger charge is -2.23. The monoisotopic (exact) mass is 313 g/mol. The van der Waals surface area contributed by atoms with Crippen molar-refractivity contribution in [1.82, 2.24) is 19.9 Å². The van der Waals surface area contributed by atoms with Gasteiger partial charge >= 0.3 is 0 Å². The average molecular weight is 313 g/mol. The van der Waals surface area contributed by atoms with Gasteiger partial charge in [0.15, 0.2) is 0 Å². The Morgan fingerprint density at radius 2 is 2.17 bits per heavy atom. The van der Waals surface area contributed by atoms with E-state index in [9.17, 15) is 4.79 Å². The number of amides is 1. The summed E-state index contributed by atoms with van der Waals surface area (Å²) in [5.74, 6) is 0.806. The van der Waals surface area contributed by atoms with Crippen LogP contribution in [-0.2, 0) is 11.3 Å². The second-order valence-corrected chi connectivity index (χ2v) is 5.28. The van der Waals surface area contributed by atoms with E-state index in [0.29, 0.717) is 31.9 Å². The van der Waals surface area contributed by atoms with Gasteiger partial charge in [-0.3, -0.25) is 9.78 Å². The van der Waals surface area contributed by atoms with Crippen molar-refractivity contribution < 1.29 is 9.53 Å². The van der Waals surface area contributed by atoms with E-state index in [0.717, 1.165) is 17.9 Å². The Labute approximate surface area is 134 Å². The van der Waals surface area contributed by atoms with Gasteiger partial charge in [-0.05, 0) is 6.07 Å². The summed E-state index contributed by atoms with van der Waals surface area (Å²) < 4.78 is 5.18. The molecular weight excluding hydrogens is 294 g/mol. The lowest BCUT2D eigenvalue weighted by atomic mass is 10.2. The highest BCUT2D eigenvalue weighted by atomic mass is 16.5.